The van der Waals surface area contributed by atoms with Crippen LogP contribution in [0, 0.1) is 12.8 Å². The second-order valence-electron chi connectivity index (χ2n) is 7.63. The maximum absolute atomic E-state index is 13.1. The SMILES string of the molecule is COc1ccc(C)cc1S(=O)(=O)Nc1cc(CC2CCNCC2)c2occc2c1. The van der Waals surface area contributed by atoms with Gasteiger partial charge in [-0.1, -0.05) is 6.07 Å². The summed E-state index contributed by atoms with van der Waals surface area (Å²) < 4.78 is 39.9. The van der Waals surface area contributed by atoms with Crippen LogP contribution in [0.3, 0.4) is 0 Å². The molecule has 0 bridgehead atoms. The van der Waals surface area contributed by atoms with Crippen molar-refractivity contribution in [2.24, 2.45) is 5.92 Å². The number of hydrogen-bond acceptors (Lipinski definition) is 5. The van der Waals surface area contributed by atoms with Crippen molar-refractivity contribution in [2.45, 2.75) is 31.1 Å². The van der Waals surface area contributed by atoms with E-state index in [-0.39, 0.29) is 4.90 Å². The van der Waals surface area contributed by atoms with E-state index in [0.717, 1.165) is 54.4 Å². The van der Waals surface area contributed by atoms with Crippen LogP contribution in [0.1, 0.15) is 24.0 Å². The predicted molar refractivity (Wildman–Crippen MR) is 114 cm³/mol. The van der Waals surface area contributed by atoms with Gasteiger partial charge in [0.25, 0.3) is 10.0 Å². The minimum atomic E-state index is -3.80. The number of sulfonamides is 1. The van der Waals surface area contributed by atoms with Gasteiger partial charge in [-0.05, 0) is 86.7 Å². The number of anilines is 1. The molecule has 0 radical (unpaired) electrons. The average Bonchev–Trinajstić information content (AvgIpc) is 3.17. The second-order valence-corrected chi connectivity index (χ2v) is 9.28. The zero-order valence-electron chi connectivity index (χ0n) is 16.7. The molecule has 2 heterocycles. The third-order valence-corrected chi connectivity index (χ3v) is 6.86. The summed E-state index contributed by atoms with van der Waals surface area (Å²) in [5.74, 6) is 0.885. The Hall–Kier alpha value is -2.51. The maximum atomic E-state index is 13.1. The molecule has 1 aliphatic rings. The van der Waals surface area contributed by atoms with Crippen molar-refractivity contribution in [1.29, 1.82) is 0 Å². The smallest absolute Gasteiger partial charge is 0.265 e. The molecule has 1 aliphatic heterocycles. The Labute approximate surface area is 171 Å². The lowest BCUT2D eigenvalue weighted by Crippen LogP contribution is -2.28. The molecule has 2 N–H and O–H groups in total. The summed E-state index contributed by atoms with van der Waals surface area (Å²) in [6.07, 6.45) is 4.74. The number of benzene rings is 2. The summed E-state index contributed by atoms with van der Waals surface area (Å²) in [7, 11) is -2.33. The molecule has 2 aromatic carbocycles. The Bertz CT molecular complexity index is 1120. The number of fused-ring (bicyclic) bond motifs is 1. The fraction of sp³-hybridized carbons (Fsp3) is 0.364. The van der Waals surface area contributed by atoms with Crippen LogP contribution in [-0.2, 0) is 16.4 Å². The van der Waals surface area contributed by atoms with Gasteiger partial charge in [-0.2, -0.15) is 0 Å². The molecule has 0 amide bonds. The third-order valence-electron chi connectivity index (χ3n) is 5.46. The van der Waals surface area contributed by atoms with Crippen LogP contribution in [0.25, 0.3) is 11.0 Å². The van der Waals surface area contributed by atoms with E-state index >= 15 is 0 Å². The molecule has 4 rings (SSSR count). The van der Waals surface area contributed by atoms with Crippen LogP contribution in [0.5, 0.6) is 5.75 Å². The molecule has 29 heavy (non-hydrogen) atoms. The number of hydrogen-bond donors (Lipinski definition) is 2. The number of nitrogens with one attached hydrogen (secondary N) is 2. The van der Waals surface area contributed by atoms with Crippen molar-refractivity contribution < 1.29 is 17.6 Å². The predicted octanol–water partition coefficient (Wildman–Crippen LogP) is 4.09. The normalized spacial score (nSPS) is 15.5. The summed E-state index contributed by atoms with van der Waals surface area (Å²) in [6.45, 7) is 3.89. The van der Waals surface area contributed by atoms with Crippen LogP contribution < -0.4 is 14.8 Å². The molecule has 7 heteroatoms. The molecule has 0 spiro atoms. The fourth-order valence-electron chi connectivity index (χ4n) is 3.97. The molecule has 0 atom stereocenters. The zero-order valence-corrected chi connectivity index (χ0v) is 17.5. The Balaban J connectivity index is 1.68. The van der Waals surface area contributed by atoms with E-state index in [1.165, 1.54) is 7.11 Å². The lowest BCUT2D eigenvalue weighted by atomic mass is 9.90. The minimum Gasteiger partial charge on any atom is -0.495 e. The first-order valence-corrected chi connectivity index (χ1v) is 11.3. The average molecular weight is 415 g/mol. The van der Waals surface area contributed by atoms with Gasteiger partial charge in [0.05, 0.1) is 13.4 Å². The Morgan fingerprint density at radius 3 is 2.72 bits per heavy atom. The van der Waals surface area contributed by atoms with E-state index < -0.39 is 10.0 Å². The summed E-state index contributed by atoms with van der Waals surface area (Å²) in [5, 5.41) is 4.28. The van der Waals surface area contributed by atoms with Crippen molar-refractivity contribution in [3.63, 3.8) is 0 Å². The van der Waals surface area contributed by atoms with Gasteiger partial charge in [-0.15, -0.1) is 0 Å². The summed E-state index contributed by atoms with van der Waals surface area (Å²) >= 11 is 0. The highest BCUT2D eigenvalue weighted by Gasteiger charge is 2.22. The molecule has 1 fully saturated rings. The number of furan rings is 1. The van der Waals surface area contributed by atoms with Crippen molar-refractivity contribution in [3.8, 4) is 5.75 Å². The van der Waals surface area contributed by atoms with Crippen molar-refractivity contribution in [2.75, 3.05) is 24.9 Å². The van der Waals surface area contributed by atoms with Crippen LogP contribution >= 0.6 is 0 Å². The lowest BCUT2D eigenvalue weighted by Gasteiger charge is -2.23. The minimum absolute atomic E-state index is 0.132. The van der Waals surface area contributed by atoms with E-state index in [4.69, 9.17) is 9.15 Å². The van der Waals surface area contributed by atoms with Crippen LogP contribution in [0.2, 0.25) is 0 Å². The van der Waals surface area contributed by atoms with Gasteiger partial charge >= 0.3 is 0 Å². The highest BCUT2D eigenvalue weighted by molar-refractivity contribution is 7.92. The monoisotopic (exact) mass is 414 g/mol. The van der Waals surface area contributed by atoms with E-state index in [1.54, 1.807) is 18.4 Å². The topological polar surface area (TPSA) is 80.6 Å². The molecule has 154 valence electrons. The van der Waals surface area contributed by atoms with E-state index in [0.29, 0.717) is 17.4 Å². The van der Waals surface area contributed by atoms with Gasteiger partial charge in [0, 0.05) is 11.1 Å². The zero-order chi connectivity index (χ0) is 20.4. The first kappa shape index (κ1) is 19.8. The number of methoxy groups -OCH3 is 1. The molecule has 3 aromatic rings. The number of rotatable bonds is 6. The highest BCUT2D eigenvalue weighted by atomic mass is 32.2. The van der Waals surface area contributed by atoms with Gasteiger partial charge in [-0.3, -0.25) is 4.72 Å². The highest BCUT2D eigenvalue weighted by Crippen LogP contribution is 2.32. The molecule has 0 aliphatic carbocycles. The first-order valence-electron chi connectivity index (χ1n) is 9.84. The number of aryl methyl sites for hydroxylation is 1. The second kappa shape index (κ2) is 8.08. The molecule has 1 aromatic heterocycles. The van der Waals surface area contributed by atoms with Gasteiger partial charge in [0.1, 0.15) is 16.2 Å². The summed E-state index contributed by atoms with van der Waals surface area (Å²) in [4.78, 5) is 0.132. The van der Waals surface area contributed by atoms with Gasteiger partial charge in [0.15, 0.2) is 0 Å². The molecular formula is C22H26N2O4S. The van der Waals surface area contributed by atoms with Gasteiger partial charge < -0.3 is 14.5 Å². The van der Waals surface area contributed by atoms with Gasteiger partial charge in [0.2, 0.25) is 0 Å². The molecular weight excluding hydrogens is 388 g/mol. The number of piperidine rings is 1. The quantitative estimate of drug-likeness (QED) is 0.635. The summed E-state index contributed by atoms with van der Waals surface area (Å²) in [5.41, 5.74) is 3.25. The molecule has 0 saturated carbocycles. The van der Waals surface area contributed by atoms with Gasteiger partial charge in [-0.25, -0.2) is 8.42 Å². The fourth-order valence-corrected chi connectivity index (χ4v) is 5.26. The third kappa shape index (κ3) is 4.26. The van der Waals surface area contributed by atoms with Crippen LogP contribution in [-0.4, -0.2) is 28.6 Å². The Morgan fingerprint density at radius 1 is 1.17 bits per heavy atom. The van der Waals surface area contributed by atoms with Crippen molar-refractivity contribution in [3.05, 3.63) is 53.8 Å². The van der Waals surface area contributed by atoms with E-state index in [2.05, 4.69) is 10.0 Å². The molecule has 6 nitrogen and oxygen atoms in total. The maximum Gasteiger partial charge on any atom is 0.265 e. The first-order chi connectivity index (χ1) is 14.0. The molecule has 0 unspecified atom stereocenters. The standard InChI is InChI=1S/C22H26N2O4S/c1-15-3-4-20(27-2)21(11-15)29(25,26)24-19-13-17-7-10-28-22(17)18(14-19)12-16-5-8-23-9-6-16/h3-4,7,10-11,13-14,16,23-24H,5-6,8-9,12H2,1-2H3. The Kier molecular flexibility index (Phi) is 5.52. The largest absolute Gasteiger partial charge is 0.495 e. The Morgan fingerprint density at radius 2 is 1.97 bits per heavy atom. The van der Waals surface area contributed by atoms with Crippen LogP contribution in [0.4, 0.5) is 5.69 Å². The van der Waals surface area contributed by atoms with E-state index in [1.807, 2.05) is 31.2 Å². The number of ether oxygens (including phenoxy) is 1. The summed E-state index contributed by atoms with van der Waals surface area (Å²) in [6, 6.07) is 10.7. The van der Waals surface area contributed by atoms with E-state index in [9.17, 15) is 8.42 Å². The molecule has 1 saturated heterocycles. The lowest BCUT2D eigenvalue weighted by molar-refractivity contribution is 0.372. The van der Waals surface area contributed by atoms with Crippen molar-refractivity contribution in [1.82, 2.24) is 5.32 Å². The van der Waals surface area contributed by atoms with Crippen LogP contribution in [0.15, 0.2) is 52.0 Å². The van der Waals surface area contributed by atoms with Crippen molar-refractivity contribution >= 4 is 26.7 Å².